The predicted molar refractivity (Wildman–Crippen MR) is 94.6 cm³/mol. The quantitative estimate of drug-likeness (QED) is 0.824. The molecule has 1 aromatic heterocycles. The molecule has 0 bridgehead atoms. The molecule has 150 valence electrons. The van der Waals surface area contributed by atoms with E-state index in [-0.39, 0.29) is 17.5 Å². The molecule has 2 aromatic rings. The Bertz CT molecular complexity index is 841. The zero-order chi connectivity index (χ0) is 20.3. The van der Waals surface area contributed by atoms with E-state index >= 15 is 0 Å². The van der Waals surface area contributed by atoms with E-state index in [1.807, 2.05) is 0 Å². The lowest BCUT2D eigenvalue weighted by atomic mass is 9.96. The van der Waals surface area contributed by atoms with Gasteiger partial charge in [0.15, 0.2) is 5.82 Å². The van der Waals surface area contributed by atoms with Crippen molar-refractivity contribution in [1.82, 2.24) is 10.1 Å². The van der Waals surface area contributed by atoms with E-state index in [2.05, 4.69) is 15.8 Å². The largest absolute Gasteiger partial charge is 0.416 e. The molecule has 7 nitrogen and oxygen atoms in total. The summed E-state index contributed by atoms with van der Waals surface area (Å²) in [5.41, 5.74) is -0.501. The second kappa shape index (κ2) is 7.91. The molecule has 1 fully saturated rings. The van der Waals surface area contributed by atoms with Crippen LogP contribution in [0.5, 0.6) is 0 Å². The Hall–Kier alpha value is -3.04. The second-order valence-corrected chi connectivity index (χ2v) is 6.58. The van der Waals surface area contributed by atoms with E-state index in [0.29, 0.717) is 37.5 Å². The molecule has 0 aliphatic carbocycles. The van der Waals surface area contributed by atoms with Crippen molar-refractivity contribution >= 4 is 23.4 Å². The molecular weight excluding hydrogens is 377 g/mol. The van der Waals surface area contributed by atoms with Crippen LogP contribution in [0.2, 0.25) is 0 Å². The van der Waals surface area contributed by atoms with Crippen molar-refractivity contribution in [3.63, 3.8) is 0 Å². The molecule has 1 aromatic carbocycles. The number of anilines is 2. The second-order valence-electron chi connectivity index (χ2n) is 6.58. The Kier molecular flexibility index (Phi) is 5.57. The van der Waals surface area contributed by atoms with Crippen LogP contribution in [0.25, 0.3) is 0 Å². The number of aryl methyl sites for hydroxylation is 1. The first-order chi connectivity index (χ1) is 13.2. The van der Waals surface area contributed by atoms with Gasteiger partial charge < -0.3 is 20.1 Å². The highest BCUT2D eigenvalue weighted by Crippen LogP contribution is 2.30. The summed E-state index contributed by atoms with van der Waals surface area (Å²) in [6, 6.07) is 5.45. The number of halogens is 3. The molecule has 10 heteroatoms. The van der Waals surface area contributed by atoms with E-state index in [1.54, 1.807) is 13.0 Å². The number of benzene rings is 1. The molecule has 2 heterocycles. The van der Waals surface area contributed by atoms with Crippen LogP contribution >= 0.6 is 0 Å². The van der Waals surface area contributed by atoms with E-state index in [9.17, 15) is 22.8 Å². The fraction of sp³-hybridized carbons (Fsp3) is 0.389. The topological polar surface area (TPSA) is 87.5 Å². The third-order valence-corrected chi connectivity index (χ3v) is 4.50. The Morgan fingerprint density at radius 2 is 1.79 bits per heavy atom. The molecule has 1 aliphatic rings. The highest BCUT2D eigenvalue weighted by atomic mass is 19.4. The standard InChI is InChI=1S/C18H19F3N4O3/c1-11-10-15(24-28-11)23-16(26)12-6-8-25(9-7-12)17(27)22-14-4-2-13(3-5-14)18(19,20)21/h2-5,10,12H,6-9H2,1H3,(H,22,27)(H,23,24,26). The highest BCUT2D eigenvalue weighted by molar-refractivity contribution is 5.92. The maximum atomic E-state index is 12.6. The minimum absolute atomic E-state index is 0.184. The minimum Gasteiger partial charge on any atom is -0.360 e. The molecule has 1 saturated heterocycles. The van der Waals surface area contributed by atoms with E-state index in [1.165, 1.54) is 17.0 Å². The summed E-state index contributed by atoms with van der Waals surface area (Å²) in [5.74, 6) is 0.498. The maximum Gasteiger partial charge on any atom is 0.416 e. The van der Waals surface area contributed by atoms with Crippen molar-refractivity contribution in [3.05, 3.63) is 41.7 Å². The molecule has 1 aliphatic heterocycles. The van der Waals surface area contributed by atoms with Crippen LogP contribution in [0.4, 0.5) is 29.5 Å². The Balaban J connectivity index is 1.49. The van der Waals surface area contributed by atoms with Gasteiger partial charge in [-0.25, -0.2) is 4.79 Å². The summed E-state index contributed by atoms with van der Waals surface area (Å²) in [6.07, 6.45) is -3.47. The molecular formula is C18H19F3N4O3. The van der Waals surface area contributed by atoms with Gasteiger partial charge in [-0.05, 0) is 44.0 Å². The lowest BCUT2D eigenvalue weighted by Gasteiger charge is -2.31. The van der Waals surface area contributed by atoms with Gasteiger partial charge in [0.1, 0.15) is 5.76 Å². The summed E-state index contributed by atoms with van der Waals surface area (Å²) < 4.78 is 42.6. The van der Waals surface area contributed by atoms with Gasteiger partial charge in [0.05, 0.1) is 5.56 Å². The van der Waals surface area contributed by atoms with Crippen LogP contribution in [-0.2, 0) is 11.0 Å². The van der Waals surface area contributed by atoms with Gasteiger partial charge in [-0.3, -0.25) is 4.79 Å². The zero-order valence-electron chi connectivity index (χ0n) is 15.0. The van der Waals surface area contributed by atoms with E-state index in [4.69, 9.17) is 4.52 Å². The summed E-state index contributed by atoms with van der Waals surface area (Å²) in [5, 5.41) is 8.96. The van der Waals surface area contributed by atoms with Crippen LogP contribution in [0, 0.1) is 12.8 Å². The first kappa shape index (κ1) is 19.7. The fourth-order valence-electron chi connectivity index (χ4n) is 2.94. The van der Waals surface area contributed by atoms with Crippen LogP contribution in [0.3, 0.4) is 0 Å². The molecule has 3 amide bonds. The third kappa shape index (κ3) is 4.81. The number of likely N-dealkylation sites (tertiary alicyclic amines) is 1. The molecule has 0 saturated carbocycles. The summed E-state index contributed by atoms with van der Waals surface area (Å²) in [6.45, 7) is 2.45. The van der Waals surface area contributed by atoms with Crippen molar-refractivity contribution < 1.29 is 27.3 Å². The first-order valence-corrected chi connectivity index (χ1v) is 8.70. The van der Waals surface area contributed by atoms with Crippen LogP contribution in [-0.4, -0.2) is 35.1 Å². The molecule has 2 N–H and O–H groups in total. The van der Waals surface area contributed by atoms with Gasteiger partial charge >= 0.3 is 12.2 Å². The highest BCUT2D eigenvalue weighted by Gasteiger charge is 2.30. The van der Waals surface area contributed by atoms with Gasteiger partial charge in [-0.2, -0.15) is 13.2 Å². The summed E-state index contributed by atoms with van der Waals surface area (Å²) in [4.78, 5) is 26.1. The van der Waals surface area contributed by atoms with Crippen molar-refractivity contribution in [2.45, 2.75) is 25.9 Å². The summed E-state index contributed by atoms with van der Waals surface area (Å²) in [7, 11) is 0. The van der Waals surface area contributed by atoms with Crippen molar-refractivity contribution in [2.75, 3.05) is 23.7 Å². The smallest absolute Gasteiger partial charge is 0.360 e. The average molecular weight is 396 g/mol. The lowest BCUT2D eigenvalue weighted by Crippen LogP contribution is -2.43. The molecule has 28 heavy (non-hydrogen) atoms. The van der Waals surface area contributed by atoms with Crippen molar-refractivity contribution in [3.8, 4) is 0 Å². The van der Waals surface area contributed by atoms with Gasteiger partial charge in [-0.1, -0.05) is 5.16 Å². The van der Waals surface area contributed by atoms with Gasteiger partial charge in [-0.15, -0.1) is 0 Å². The molecule has 0 radical (unpaired) electrons. The van der Waals surface area contributed by atoms with Crippen LogP contribution in [0.15, 0.2) is 34.9 Å². The number of hydrogen-bond acceptors (Lipinski definition) is 4. The number of rotatable bonds is 3. The van der Waals surface area contributed by atoms with Crippen molar-refractivity contribution in [1.29, 1.82) is 0 Å². The number of alkyl halides is 3. The Labute approximate surface area is 158 Å². The zero-order valence-corrected chi connectivity index (χ0v) is 15.0. The van der Waals surface area contributed by atoms with Crippen LogP contribution in [0.1, 0.15) is 24.2 Å². The van der Waals surface area contributed by atoms with Gasteiger partial charge in [0.2, 0.25) is 5.91 Å². The normalized spacial score (nSPS) is 15.4. The molecule has 0 unspecified atom stereocenters. The number of aromatic nitrogens is 1. The number of carbonyl (C=O) groups excluding carboxylic acids is 2. The predicted octanol–water partition coefficient (Wildman–Crippen LogP) is 3.88. The third-order valence-electron chi connectivity index (χ3n) is 4.50. The monoisotopic (exact) mass is 396 g/mol. The molecule has 0 spiro atoms. The van der Waals surface area contributed by atoms with E-state index in [0.717, 1.165) is 12.1 Å². The number of nitrogens with zero attached hydrogens (tertiary/aromatic N) is 2. The number of amides is 3. The average Bonchev–Trinajstić information content (AvgIpc) is 3.06. The number of urea groups is 1. The lowest BCUT2D eigenvalue weighted by molar-refractivity contribution is -0.137. The van der Waals surface area contributed by atoms with Crippen LogP contribution < -0.4 is 10.6 Å². The fourth-order valence-corrected chi connectivity index (χ4v) is 2.94. The van der Waals surface area contributed by atoms with E-state index < -0.39 is 17.8 Å². The Morgan fingerprint density at radius 1 is 1.14 bits per heavy atom. The summed E-state index contributed by atoms with van der Waals surface area (Å²) >= 11 is 0. The number of nitrogens with one attached hydrogen (secondary N) is 2. The number of piperidine rings is 1. The number of carbonyl (C=O) groups is 2. The molecule has 3 rings (SSSR count). The molecule has 0 atom stereocenters. The SMILES string of the molecule is Cc1cc(NC(=O)C2CCN(C(=O)Nc3ccc(C(F)(F)F)cc3)CC2)no1. The maximum absolute atomic E-state index is 12.6. The number of hydrogen-bond donors (Lipinski definition) is 2. The Morgan fingerprint density at radius 3 is 2.32 bits per heavy atom. The minimum atomic E-state index is -4.42. The van der Waals surface area contributed by atoms with Gasteiger partial charge in [0, 0.05) is 30.8 Å². The van der Waals surface area contributed by atoms with Gasteiger partial charge in [0.25, 0.3) is 0 Å². The van der Waals surface area contributed by atoms with Crippen molar-refractivity contribution in [2.24, 2.45) is 5.92 Å². The first-order valence-electron chi connectivity index (χ1n) is 8.70.